The van der Waals surface area contributed by atoms with Gasteiger partial charge >= 0.3 is 0 Å². The number of benzene rings is 2. The summed E-state index contributed by atoms with van der Waals surface area (Å²) in [6.07, 6.45) is 0.300. The second-order valence-electron chi connectivity index (χ2n) is 4.60. The van der Waals surface area contributed by atoms with Gasteiger partial charge in [-0.25, -0.2) is 22.0 Å². The van der Waals surface area contributed by atoms with Crippen LogP contribution in [0.3, 0.4) is 0 Å². The van der Waals surface area contributed by atoms with Crippen LogP contribution in [0.4, 0.5) is 22.0 Å². The van der Waals surface area contributed by atoms with E-state index in [1.807, 2.05) is 0 Å². The molecule has 1 N–H and O–H groups in total. The maximum absolute atomic E-state index is 13.9. The van der Waals surface area contributed by atoms with Gasteiger partial charge in [0.25, 0.3) is 10.1 Å². The monoisotopic (exact) mass is 352 g/mol. The van der Waals surface area contributed by atoms with Gasteiger partial charge in [0.15, 0.2) is 23.3 Å². The summed E-state index contributed by atoms with van der Waals surface area (Å²) in [5, 5.41) is 0. The van der Waals surface area contributed by atoms with Crippen molar-refractivity contribution in [2.75, 3.05) is 0 Å². The molecule has 0 saturated carbocycles. The average molecular weight is 352 g/mol. The van der Waals surface area contributed by atoms with Crippen molar-refractivity contribution in [1.82, 2.24) is 0 Å². The van der Waals surface area contributed by atoms with Gasteiger partial charge in [-0.1, -0.05) is 13.0 Å². The molecule has 0 aliphatic carbocycles. The van der Waals surface area contributed by atoms with Gasteiger partial charge in [0, 0.05) is 5.56 Å². The Morgan fingerprint density at radius 3 is 1.83 bits per heavy atom. The summed E-state index contributed by atoms with van der Waals surface area (Å²) in [6, 6.07) is 3.03. The quantitative estimate of drug-likeness (QED) is 0.395. The molecule has 0 spiro atoms. The first-order chi connectivity index (χ1) is 10.6. The van der Waals surface area contributed by atoms with Crippen molar-refractivity contribution in [3.63, 3.8) is 0 Å². The minimum atomic E-state index is -4.95. The molecule has 0 bridgehead atoms. The smallest absolute Gasteiger partial charge is 0.282 e. The minimum Gasteiger partial charge on any atom is -0.282 e. The normalized spacial score (nSPS) is 11.8. The summed E-state index contributed by atoms with van der Waals surface area (Å²) in [6.45, 7) is 1.63. The Balaban J connectivity index is 2.98. The van der Waals surface area contributed by atoms with Crippen LogP contribution in [0.2, 0.25) is 0 Å². The van der Waals surface area contributed by atoms with Crippen molar-refractivity contribution in [1.29, 1.82) is 0 Å². The molecule has 0 unspecified atom stereocenters. The molecule has 0 aromatic heterocycles. The number of hydrogen-bond donors (Lipinski definition) is 1. The predicted octanol–water partition coefficient (Wildman–Crippen LogP) is 3.86. The van der Waals surface area contributed by atoms with Gasteiger partial charge in [-0.05, 0) is 24.1 Å². The fraction of sp³-hybridized carbons (Fsp3) is 0.143. The Bertz CT molecular complexity index is 865. The topological polar surface area (TPSA) is 54.4 Å². The van der Waals surface area contributed by atoms with Crippen molar-refractivity contribution >= 4 is 10.1 Å². The first kappa shape index (κ1) is 17.4. The lowest BCUT2D eigenvalue weighted by Crippen LogP contribution is -2.08. The van der Waals surface area contributed by atoms with E-state index in [1.54, 1.807) is 6.92 Å². The lowest BCUT2D eigenvalue weighted by molar-refractivity contribution is 0.381. The molecule has 0 amide bonds. The summed E-state index contributed by atoms with van der Waals surface area (Å²) in [5.74, 6) is -11.1. The lowest BCUT2D eigenvalue weighted by Gasteiger charge is -2.13. The van der Waals surface area contributed by atoms with Crippen LogP contribution in [-0.2, 0) is 16.5 Å². The Kier molecular flexibility index (Phi) is 4.45. The van der Waals surface area contributed by atoms with Gasteiger partial charge in [-0.15, -0.1) is 0 Å². The van der Waals surface area contributed by atoms with Crippen molar-refractivity contribution < 1.29 is 34.9 Å². The molecule has 0 fully saturated rings. The molecule has 2 aromatic carbocycles. The van der Waals surface area contributed by atoms with Crippen LogP contribution in [0, 0.1) is 29.1 Å². The standard InChI is InChI=1S/C14H9F5O3S/c1-2-6-3-4-8(23(20,21)22)7(5-6)9-10(15)12(17)14(19)13(18)11(9)16/h3-5H,2H2,1H3,(H,20,21,22). The van der Waals surface area contributed by atoms with Gasteiger partial charge < -0.3 is 0 Å². The molecule has 9 heteroatoms. The van der Waals surface area contributed by atoms with E-state index in [4.69, 9.17) is 4.55 Å². The van der Waals surface area contributed by atoms with Crippen LogP contribution < -0.4 is 0 Å². The second-order valence-corrected chi connectivity index (χ2v) is 5.99. The van der Waals surface area contributed by atoms with Gasteiger partial charge in [-0.3, -0.25) is 4.55 Å². The number of rotatable bonds is 3. The lowest BCUT2D eigenvalue weighted by atomic mass is 10.00. The van der Waals surface area contributed by atoms with E-state index in [-0.39, 0.29) is 0 Å². The first-order valence-corrected chi connectivity index (χ1v) is 7.65. The number of hydrogen-bond acceptors (Lipinski definition) is 2. The molecule has 23 heavy (non-hydrogen) atoms. The van der Waals surface area contributed by atoms with Crippen LogP contribution in [0.1, 0.15) is 12.5 Å². The number of halogens is 5. The zero-order chi connectivity index (χ0) is 17.5. The van der Waals surface area contributed by atoms with Crippen LogP contribution in [0.5, 0.6) is 0 Å². The van der Waals surface area contributed by atoms with E-state index in [2.05, 4.69) is 0 Å². The first-order valence-electron chi connectivity index (χ1n) is 6.21. The highest BCUT2D eigenvalue weighted by Gasteiger charge is 2.30. The molecule has 2 aromatic rings. The maximum atomic E-state index is 13.9. The highest BCUT2D eigenvalue weighted by atomic mass is 32.2. The second kappa shape index (κ2) is 5.89. The average Bonchev–Trinajstić information content (AvgIpc) is 2.50. The van der Waals surface area contributed by atoms with Crippen LogP contribution in [-0.4, -0.2) is 13.0 Å². The molecular weight excluding hydrogens is 343 g/mol. The minimum absolute atomic E-state index is 0.300. The largest absolute Gasteiger partial charge is 0.295 e. The molecule has 0 atom stereocenters. The highest BCUT2D eigenvalue weighted by molar-refractivity contribution is 7.86. The summed E-state index contributed by atoms with van der Waals surface area (Å²) in [4.78, 5) is -0.960. The van der Waals surface area contributed by atoms with E-state index in [9.17, 15) is 30.4 Å². The van der Waals surface area contributed by atoms with Gasteiger partial charge in [-0.2, -0.15) is 8.42 Å². The van der Waals surface area contributed by atoms with Gasteiger partial charge in [0.05, 0.1) is 5.56 Å². The SMILES string of the molecule is CCc1ccc(S(=O)(=O)O)c(-c2c(F)c(F)c(F)c(F)c2F)c1. The Hall–Kier alpha value is -2.00. The Labute approximate surface area is 128 Å². The Morgan fingerprint density at radius 1 is 0.913 bits per heavy atom. The Morgan fingerprint density at radius 2 is 1.39 bits per heavy atom. The zero-order valence-electron chi connectivity index (χ0n) is 11.5. The van der Waals surface area contributed by atoms with Crippen molar-refractivity contribution in [2.45, 2.75) is 18.2 Å². The predicted molar refractivity (Wildman–Crippen MR) is 70.9 cm³/mol. The van der Waals surface area contributed by atoms with E-state index in [0.717, 1.165) is 12.1 Å². The molecule has 3 nitrogen and oxygen atoms in total. The molecule has 0 radical (unpaired) electrons. The third-order valence-electron chi connectivity index (χ3n) is 3.21. The van der Waals surface area contributed by atoms with Crippen molar-refractivity contribution in [2.24, 2.45) is 0 Å². The van der Waals surface area contributed by atoms with E-state index in [0.29, 0.717) is 12.0 Å². The van der Waals surface area contributed by atoms with Crippen LogP contribution in [0.25, 0.3) is 11.1 Å². The molecule has 0 aliphatic heterocycles. The molecule has 0 saturated heterocycles. The van der Waals surface area contributed by atoms with Gasteiger partial charge in [0.2, 0.25) is 5.82 Å². The summed E-state index contributed by atoms with van der Waals surface area (Å²) >= 11 is 0. The zero-order valence-corrected chi connectivity index (χ0v) is 12.3. The molecule has 124 valence electrons. The third kappa shape index (κ3) is 2.93. The summed E-state index contributed by atoms with van der Waals surface area (Å²) < 4.78 is 99.3. The van der Waals surface area contributed by atoms with Crippen LogP contribution in [0.15, 0.2) is 23.1 Å². The molecule has 0 aliphatic rings. The summed E-state index contributed by atoms with van der Waals surface area (Å²) in [7, 11) is -4.95. The fourth-order valence-electron chi connectivity index (χ4n) is 2.06. The van der Waals surface area contributed by atoms with Crippen LogP contribution >= 0.6 is 0 Å². The fourth-order valence-corrected chi connectivity index (χ4v) is 2.74. The van der Waals surface area contributed by atoms with Crippen molar-refractivity contribution in [3.05, 3.63) is 52.8 Å². The van der Waals surface area contributed by atoms with E-state index >= 15 is 0 Å². The van der Waals surface area contributed by atoms with E-state index < -0.39 is 55.2 Å². The van der Waals surface area contributed by atoms with Gasteiger partial charge in [0.1, 0.15) is 4.90 Å². The third-order valence-corrected chi connectivity index (χ3v) is 4.12. The number of aryl methyl sites for hydroxylation is 1. The van der Waals surface area contributed by atoms with Crippen molar-refractivity contribution in [3.8, 4) is 11.1 Å². The molecule has 0 heterocycles. The molecule has 2 rings (SSSR count). The highest BCUT2D eigenvalue weighted by Crippen LogP contribution is 2.35. The molecular formula is C14H9F5O3S. The summed E-state index contributed by atoms with van der Waals surface area (Å²) in [5.41, 5.74) is -1.85. The maximum Gasteiger partial charge on any atom is 0.295 e. The van der Waals surface area contributed by atoms with E-state index in [1.165, 1.54) is 6.07 Å².